The third-order valence-electron chi connectivity index (χ3n) is 2.67. The SMILES string of the molecule is Cc1coc(NCC(C)(O)C2CC2)n1. The van der Waals surface area contributed by atoms with Crippen molar-refractivity contribution < 1.29 is 9.52 Å². The number of aryl methyl sites for hydroxylation is 1. The van der Waals surface area contributed by atoms with Gasteiger partial charge in [-0.3, -0.25) is 0 Å². The predicted octanol–water partition coefficient (Wildman–Crippen LogP) is 1.56. The first-order chi connectivity index (χ1) is 6.58. The highest BCUT2D eigenvalue weighted by Gasteiger charge is 2.39. The number of nitrogens with zero attached hydrogens (tertiary/aromatic N) is 1. The molecule has 1 saturated carbocycles. The Morgan fingerprint density at radius 1 is 1.71 bits per heavy atom. The van der Waals surface area contributed by atoms with Crippen LogP contribution >= 0.6 is 0 Å². The lowest BCUT2D eigenvalue weighted by molar-refractivity contribution is 0.0498. The van der Waals surface area contributed by atoms with E-state index in [1.54, 1.807) is 6.26 Å². The van der Waals surface area contributed by atoms with Crippen LogP contribution in [0.15, 0.2) is 10.7 Å². The van der Waals surface area contributed by atoms with E-state index in [-0.39, 0.29) is 0 Å². The van der Waals surface area contributed by atoms with Crippen molar-refractivity contribution in [3.05, 3.63) is 12.0 Å². The van der Waals surface area contributed by atoms with E-state index in [0.717, 1.165) is 18.5 Å². The first-order valence-corrected chi connectivity index (χ1v) is 4.96. The van der Waals surface area contributed by atoms with Gasteiger partial charge >= 0.3 is 0 Å². The van der Waals surface area contributed by atoms with Crippen LogP contribution in [0.3, 0.4) is 0 Å². The van der Waals surface area contributed by atoms with Crippen LogP contribution in [0.1, 0.15) is 25.5 Å². The summed E-state index contributed by atoms with van der Waals surface area (Å²) in [6, 6.07) is 0.489. The molecule has 1 fully saturated rings. The van der Waals surface area contributed by atoms with E-state index in [9.17, 15) is 5.11 Å². The molecule has 0 radical (unpaired) electrons. The molecule has 0 spiro atoms. The highest BCUT2D eigenvalue weighted by Crippen LogP contribution is 2.39. The molecule has 0 amide bonds. The van der Waals surface area contributed by atoms with Gasteiger partial charge in [-0.2, -0.15) is 4.98 Å². The van der Waals surface area contributed by atoms with Gasteiger partial charge in [-0.15, -0.1) is 0 Å². The Hall–Kier alpha value is -1.03. The average molecular weight is 196 g/mol. The number of rotatable bonds is 4. The van der Waals surface area contributed by atoms with Gasteiger partial charge in [0.05, 0.1) is 11.3 Å². The van der Waals surface area contributed by atoms with Crippen molar-refractivity contribution in [1.82, 2.24) is 4.98 Å². The molecule has 0 bridgehead atoms. The number of oxazole rings is 1. The van der Waals surface area contributed by atoms with Crippen molar-refractivity contribution in [2.24, 2.45) is 5.92 Å². The van der Waals surface area contributed by atoms with E-state index in [1.165, 1.54) is 0 Å². The van der Waals surface area contributed by atoms with Crippen LogP contribution in [-0.2, 0) is 0 Å². The minimum atomic E-state index is -0.637. The summed E-state index contributed by atoms with van der Waals surface area (Å²) in [5, 5.41) is 13.0. The molecule has 0 saturated heterocycles. The summed E-state index contributed by atoms with van der Waals surface area (Å²) in [4.78, 5) is 4.10. The summed E-state index contributed by atoms with van der Waals surface area (Å²) in [5.74, 6) is 0.436. The Morgan fingerprint density at radius 3 is 2.93 bits per heavy atom. The van der Waals surface area contributed by atoms with Gasteiger partial charge in [0.15, 0.2) is 0 Å². The van der Waals surface area contributed by atoms with Crippen LogP contribution < -0.4 is 5.32 Å². The Bertz CT molecular complexity index is 316. The van der Waals surface area contributed by atoms with E-state index < -0.39 is 5.60 Å². The second-order valence-corrected chi connectivity index (χ2v) is 4.28. The third kappa shape index (κ3) is 2.07. The summed E-state index contributed by atoms with van der Waals surface area (Å²) in [6.45, 7) is 4.22. The summed E-state index contributed by atoms with van der Waals surface area (Å²) in [6.07, 6.45) is 3.84. The summed E-state index contributed by atoms with van der Waals surface area (Å²) in [5.41, 5.74) is 0.209. The largest absolute Gasteiger partial charge is 0.432 e. The fourth-order valence-corrected chi connectivity index (χ4v) is 1.54. The summed E-state index contributed by atoms with van der Waals surface area (Å²) in [7, 11) is 0. The van der Waals surface area contributed by atoms with E-state index >= 15 is 0 Å². The first-order valence-electron chi connectivity index (χ1n) is 4.96. The second-order valence-electron chi connectivity index (χ2n) is 4.28. The molecule has 4 heteroatoms. The van der Waals surface area contributed by atoms with Gasteiger partial charge in [0.1, 0.15) is 6.26 Å². The molecule has 1 aromatic rings. The lowest BCUT2D eigenvalue weighted by Crippen LogP contribution is -2.35. The molecule has 0 aliphatic heterocycles. The minimum Gasteiger partial charge on any atom is -0.432 e. The maximum Gasteiger partial charge on any atom is 0.294 e. The van der Waals surface area contributed by atoms with E-state index in [4.69, 9.17) is 4.42 Å². The fourth-order valence-electron chi connectivity index (χ4n) is 1.54. The van der Waals surface area contributed by atoms with Crippen molar-refractivity contribution in [2.75, 3.05) is 11.9 Å². The van der Waals surface area contributed by atoms with Crippen molar-refractivity contribution in [2.45, 2.75) is 32.3 Å². The van der Waals surface area contributed by atoms with Gasteiger partial charge in [-0.1, -0.05) is 0 Å². The molecule has 2 rings (SSSR count). The van der Waals surface area contributed by atoms with Crippen molar-refractivity contribution >= 4 is 6.01 Å². The minimum absolute atomic E-state index is 0.436. The van der Waals surface area contributed by atoms with Crippen LogP contribution in [0.25, 0.3) is 0 Å². The Kier molecular flexibility index (Phi) is 2.23. The van der Waals surface area contributed by atoms with Gasteiger partial charge in [0, 0.05) is 6.54 Å². The van der Waals surface area contributed by atoms with Gasteiger partial charge in [-0.05, 0) is 32.6 Å². The zero-order valence-corrected chi connectivity index (χ0v) is 8.58. The van der Waals surface area contributed by atoms with E-state index in [2.05, 4.69) is 10.3 Å². The first kappa shape index (κ1) is 9.52. The molecule has 1 aliphatic rings. The lowest BCUT2D eigenvalue weighted by Gasteiger charge is -2.22. The fraction of sp³-hybridized carbons (Fsp3) is 0.700. The van der Waals surface area contributed by atoms with Gasteiger partial charge in [-0.25, -0.2) is 0 Å². The molecule has 1 aliphatic carbocycles. The van der Waals surface area contributed by atoms with Crippen molar-refractivity contribution in [3.63, 3.8) is 0 Å². The normalized spacial score (nSPS) is 20.5. The maximum atomic E-state index is 9.99. The smallest absolute Gasteiger partial charge is 0.294 e. The zero-order valence-electron chi connectivity index (χ0n) is 8.58. The number of hydrogen-bond donors (Lipinski definition) is 2. The molecule has 1 unspecified atom stereocenters. The van der Waals surface area contributed by atoms with Crippen LogP contribution in [0.4, 0.5) is 6.01 Å². The molecule has 1 atom stereocenters. The highest BCUT2D eigenvalue weighted by atomic mass is 16.4. The van der Waals surface area contributed by atoms with E-state index in [0.29, 0.717) is 18.5 Å². The zero-order chi connectivity index (χ0) is 10.2. The molecule has 2 N–H and O–H groups in total. The molecular formula is C10H16N2O2. The molecule has 78 valence electrons. The van der Waals surface area contributed by atoms with Gasteiger partial charge in [0.25, 0.3) is 6.01 Å². The average Bonchev–Trinajstić information content (AvgIpc) is 2.89. The van der Waals surface area contributed by atoms with Crippen LogP contribution in [0.5, 0.6) is 0 Å². The predicted molar refractivity (Wildman–Crippen MR) is 53.1 cm³/mol. The molecule has 0 aromatic carbocycles. The monoisotopic (exact) mass is 196 g/mol. The lowest BCUT2D eigenvalue weighted by atomic mass is 10.0. The molecular weight excluding hydrogens is 180 g/mol. The van der Waals surface area contributed by atoms with Gasteiger partial charge in [0.2, 0.25) is 0 Å². The molecule has 1 aromatic heterocycles. The van der Waals surface area contributed by atoms with E-state index in [1.807, 2.05) is 13.8 Å². The van der Waals surface area contributed by atoms with Crippen LogP contribution in [-0.4, -0.2) is 22.2 Å². The van der Waals surface area contributed by atoms with Crippen LogP contribution in [0.2, 0.25) is 0 Å². The molecule has 1 heterocycles. The maximum absolute atomic E-state index is 9.99. The molecule has 4 nitrogen and oxygen atoms in total. The number of hydrogen-bond acceptors (Lipinski definition) is 4. The highest BCUT2D eigenvalue weighted by molar-refractivity contribution is 5.22. The number of anilines is 1. The third-order valence-corrected chi connectivity index (χ3v) is 2.67. The molecule has 14 heavy (non-hydrogen) atoms. The Morgan fingerprint density at radius 2 is 2.43 bits per heavy atom. The van der Waals surface area contributed by atoms with Crippen molar-refractivity contribution in [1.29, 1.82) is 0 Å². The van der Waals surface area contributed by atoms with Gasteiger partial charge < -0.3 is 14.8 Å². The second kappa shape index (κ2) is 3.28. The summed E-state index contributed by atoms with van der Waals surface area (Å²) < 4.78 is 5.13. The quantitative estimate of drug-likeness (QED) is 0.767. The van der Waals surface area contributed by atoms with Crippen LogP contribution in [0, 0.1) is 12.8 Å². The number of nitrogens with one attached hydrogen (secondary N) is 1. The Balaban J connectivity index is 1.87. The topological polar surface area (TPSA) is 58.3 Å². The Labute approximate surface area is 83.3 Å². The number of aromatic nitrogens is 1. The number of aliphatic hydroxyl groups is 1. The standard InChI is InChI=1S/C10H16N2O2/c1-7-5-14-9(12-7)11-6-10(2,13)8-3-4-8/h5,8,13H,3-4,6H2,1-2H3,(H,11,12). The summed E-state index contributed by atoms with van der Waals surface area (Å²) >= 11 is 0. The van der Waals surface area contributed by atoms with Crippen molar-refractivity contribution in [3.8, 4) is 0 Å².